The lowest BCUT2D eigenvalue weighted by Crippen LogP contribution is -2.27. The van der Waals surface area contributed by atoms with Gasteiger partial charge in [-0.15, -0.1) is 0 Å². The van der Waals surface area contributed by atoms with Crippen LogP contribution in [0.3, 0.4) is 0 Å². The van der Waals surface area contributed by atoms with Crippen molar-refractivity contribution in [2.24, 2.45) is 0 Å². The molecule has 3 aromatic carbocycles. The van der Waals surface area contributed by atoms with E-state index in [-0.39, 0.29) is 11.7 Å². The molecule has 1 heterocycles. The van der Waals surface area contributed by atoms with Crippen LogP contribution in [-0.4, -0.2) is 28.2 Å². The van der Waals surface area contributed by atoms with Crippen molar-refractivity contribution in [3.63, 3.8) is 0 Å². The Labute approximate surface area is 209 Å². The van der Waals surface area contributed by atoms with Gasteiger partial charge in [-0.25, -0.2) is 4.79 Å². The van der Waals surface area contributed by atoms with Crippen molar-refractivity contribution >= 4 is 62.2 Å². The summed E-state index contributed by atoms with van der Waals surface area (Å²) in [7, 11) is 1.49. The minimum Gasteiger partial charge on any atom is -0.493 e. The highest BCUT2D eigenvalue weighted by Gasteiger charge is 2.32. The van der Waals surface area contributed by atoms with Gasteiger partial charge in [0, 0.05) is 4.47 Å². The molecule has 8 heteroatoms. The third kappa shape index (κ3) is 5.35. The molecule has 1 aliphatic rings. The summed E-state index contributed by atoms with van der Waals surface area (Å²) in [6.07, 6.45) is 1.76. The first-order valence-electron chi connectivity index (χ1n) is 9.90. The SMILES string of the molecule is COc1cc(C=C2SC(=S)N(Cc3ccccc3)C2=O)ccc1OC(=O)c1ccccc1Br. The van der Waals surface area contributed by atoms with Crippen LogP contribution in [0, 0.1) is 0 Å². The van der Waals surface area contributed by atoms with Gasteiger partial charge in [0.05, 0.1) is 24.1 Å². The molecule has 4 rings (SSSR count). The van der Waals surface area contributed by atoms with E-state index >= 15 is 0 Å². The number of carbonyl (C=O) groups excluding carboxylic acids is 2. The molecule has 0 unspecified atom stereocenters. The standard InChI is InChI=1S/C25H18BrNO4S2/c1-30-21-13-17(11-12-20(21)31-24(29)18-9-5-6-10-19(18)26)14-22-23(28)27(25(32)33-22)15-16-7-3-2-4-8-16/h2-14H,15H2,1H3. The lowest BCUT2D eigenvalue weighted by molar-refractivity contribution is -0.122. The highest BCUT2D eigenvalue weighted by Crippen LogP contribution is 2.36. The summed E-state index contributed by atoms with van der Waals surface area (Å²) in [6.45, 7) is 0.427. The molecule has 1 fully saturated rings. The lowest BCUT2D eigenvalue weighted by atomic mass is 10.1. The van der Waals surface area contributed by atoms with E-state index in [1.807, 2.05) is 36.4 Å². The van der Waals surface area contributed by atoms with Crippen LogP contribution >= 0.6 is 39.9 Å². The summed E-state index contributed by atoms with van der Waals surface area (Å²) in [5, 5.41) is 0. The monoisotopic (exact) mass is 539 g/mol. The molecule has 0 spiro atoms. The number of thioether (sulfide) groups is 1. The number of amides is 1. The Morgan fingerprint density at radius 2 is 1.79 bits per heavy atom. The number of methoxy groups -OCH3 is 1. The van der Waals surface area contributed by atoms with Crippen molar-refractivity contribution < 1.29 is 19.1 Å². The number of nitrogens with zero attached hydrogens (tertiary/aromatic N) is 1. The van der Waals surface area contributed by atoms with Crippen molar-refractivity contribution in [3.8, 4) is 11.5 Å². The summed E-state index contributed by atoms with van der Waals surface area (Å²) in [4.78, 5) is 27.6. The Balaban J connectivity index is 1.53. The number of carbonyl (C=O) groups is 2. The molecule has 33 heavy (non-hydrogen) atoms. The minimum atomic E-state index is -0.504. The van der Waals surface area contributed by atoms with Crippen molar-refractivity contribution in [2.75, 3.05) is 7.11 Å². The quantitative estimate of drug-likeness (QED) is 0.164. The maximum absolute atomic E-state index is 12.9. The van der Waals surface area contributed by atoms with Gasteiger partial charge in [0.2, 0.25) is 0 Å². The number of hydrogen-bond acceptors (Lipinski definition) is 6. The van der Waals surface area contributed by atoms with E-state index in [2.05, 4.69) is 15.9 Å². The first-order chi connectivity index (χ1) is 16.0. The highest BCUT2D eigenvalue weighted by molar-refractivity contribution is 9.10. The number of thiocarbonyl (C=S) groups is 1. The summed E-state index contributed by atoms with van der Waals surface area (Å²) in [6, 6.07) is 21.8. The zero-order chi connectivity index (χ0) is 23.4. The van der Waals surface area contributed by atoms with Gasteiger partial charge in [-0.1, -0.05) is 72.5 Å². The average molecular weight is 540 g/mol. The van der Waals surface area contributed by atoms with Crippen LogP contribution in [0.1, 0.15) is 21.5 Å². The van der Waals surface area contributed by atoms with E-state index < -0.39 is 5.97 Å². The first kappa shape index (κ1) is 23.2. The second-order valence-corrected chi connectivity index (χ2v) is 9.56. The smallest absolute Gasteiger partial charge is 0.344 e. The molecule has 0 bridgehead atoms. The molecule has 3 aromatic rings. The molecule has 5 nitrogen and oxygen atoms in total. The number of esters is 1. The minimum absolute atomic E-state index is 0.141. The van der Waals surface area contributed by atoms with E-state index in [9.17, 15) is 9.59 Å². The van der Waals surface area contributed by atoms with Gasteiger partial charge in [-0.2, -0.15) is 0 Å². The van der Waals surface area contributed by atoms with Crippen molar-refractivity contribution in [3.05, 3.63) is 98.9 Å². The van der Waals surface area contributed by atoms with E-state index in [0.29, 0.717) is 31.6 Å². The summed E-state index contributed by atoms with van der Waals surface area (Å²) in [5.41, 5.74) is 2.14. The van der Waals surface area contributed by atoms with Gasteiger partial charge < -0.3 is 9.47 Å². The average Bonchev–Trinajstić information content (AvgIpc) is 3.08. The van der Waals surface area contributed by atoms with Crippen molar-refractivity contribution in [1.82, 2.24) is 4.90 Å². The molecule has 0 N–H and O–H groups in total. The van der Waals surface area contributed by atoms with Gasteiger partial charge in [0.1, 0.15) is 4.32 Å². The third-order valence-electron chi connectivity index (χ3n) is 4.84. The Bertz CT molecular complexity index is 1260. The zero-order valence-electron chi connectivity index (χ0n) is 17.5. The van der Waals surface area contributed by atoms with Crippen LogP contribution in [-0.2, 0) is 11.3 Å². The fourth-order valence-corrected chi connectivity index (χ4v) is 4.90. The van der Waals surface area contributed by atoms with E-state index in [4.69, 9.17) is 21.7 Å². The van der Waals surface area contributed by atoms with Gasteiger partial charge >= 0.3 is 5.97 Å². The molecular formula is C25H18BrNO4S2. The lowest BCUT2D eigenvalue weighted by Gasteiger charge is -2.14. The number of rotatable bonds is 6. The summed E-state index contributed by atoms with van der Waals surface area (Å²) in [5.74, 6) is 0.0171. The largest absolute Gasteiger partial charge is 0.493 e. The molecule has 1 amide bonds. The normalized spacial score (nSPS) is 14.6. The van der Waals surface area contributed by atoms with Crippen LogP contribution in [0.2, 0.25) is 0 Å². The molecular weight excluding hydrogens is 522 g/mol. The summed E-state index contributed by atoms with van der Waals surface area (Å²) < 4.78 is 12.1. The van der Waals surface area contributed by atoms with Crippen molar-refractivity contribution in [1.29, 1.82) is 0 Å². The predicted molar refractivity (Wildman–Crippen MR) is 137 cm³/mol. The van der Waals surface area contributed by atoms with E-state index in [0.717, 1.165) is 11.1 Å². The molecule has 0 aliphatic carbocycles. The highest BCUT2D eigenvalue weighted by atomic mass is 79.9. The van der Waals surface area contributed by atoms with Gasteiger partial charge in [0.15, 0.2) is 11.5 Å². The maximum Gasteiger partial charge on any atom is 0.344 e. The second kappa shape index (κ2) is 10.3. The number of halogens is 1. The summed E-state index contributed by atoms with van der Waals surface area (Å²) >= 11 is 10.0. The van der Waals surface area contributed by atoms with E-state index in [1.165, 1.54) is 18.9 Å². The Morgan fingerprint density at radius 3 is 2.52 bits per heavy atom. The molecule has 1 aliphatic heterocycles. The fourth-order valence-electron chi connectivity index (χ4n) is 3.19. The Morgan fingerprint density at radius 1 is 1.06 bits per heavy atom. The molecule has 1 saturated heterocycles. The van der Waals surface area contributed by atoms with E-state index in [1.54, 1.807) is 47.4 Å². The Hall–Kier alpha value is -2.94. The first-order valence-corrected chi connectivity index (χ1v) is 11.9. The van der Waals surface area contributed by atoms with Crippen LogP contribution < -0.4 is 9.47 Å². The molecule has 0 aromatic heterocycles. The Kier molecular flexibility index (Phi) is 7.27. The topological polar surface area (TPSA) is 55.8 Å². The van der Waals surface area contributed by atoms with Gasteiger partial charge in [0.25, 0.3) is 5.91 Å². The van der Waals surface area contributed by atoms with Crippen LogP contribution in [0.5, 0.6) is 11.5 Å². The second-order valence-electron chi connectivity index (χ2n) is 7.03. The predicted octanol–water partition coefficient (Wildman–Crippen LogP) is 6.08. The van der Waals surface area contributed by atoms with Crippen LogP contribution in [0.25, 0.3) is 6.08 Å². The molecule has 0 radical (unpaired) electrons. The number of hydrogen-bond donors (Lipinski definition) is 0. The molecule has 0 saturated carbocycles. The molecule has 166 valence electrons. The zero-order valence-corrected chi connectivity index (χ0v) is 20.7. The fraction of sp³-hybridized carbons (Fsp3) is 0.0800. The number of benzene rings is 3. The van der Waals surface area contributed by atoms with Crippen LogP contribution in [0.4, 0.5) is 0 Å². The van der Waals surface area contributed by atoms with Crippen LogP contribution in [0.15, 0.2) is 82.2 Å². The molecule has 0 atom stereocenters. The van der Waals surface area contributed by atoms with Crippen molar-refractivity contribution in [2.45, 2.75) is 6.54 Å². The number of ether oxygens (including phenoxy) is 2. The van der Waals surface area contributed by atoms with Gasteiger partial charge in [-0.05, 0) is 57.4 Å². The van der Waals surface area contributed by atoms with Gasteiger partial charge in [-0.3, -0.25) is 9.69 Å². The third-order valence-corrected chi connectivity index (χ3v) is 6.91. The maximum atomic E-state index is 12.9.